The highest BCUT2D eigenvalue weighted by molar-refractivity contribution is 6.00. The van der Waals surface area contributed by atoms with Crippen molar-refractivity contribution in [2.24, 2.45) is 0 Å². The number of amides is 1. The summed E-state index contributed by atoms with van der Waals surface area (Å²) in [5.41, 5.74) is 0.473. The SMILES string of the molecule is CC(=O)Oc1ccc(N2CCO[C@H]([C@@H](OC(C)=O)C(=O)O)C2=O)cc1. The van der Waals surface area contributed by atoms with E-state index in [9.17, 15) is 24.3 Å². The molecular weight excluding hydrogens is 334 g/mol. The summed E-state index contributed by atoms with van der Waals surface area (Å²) >= 11 is 0. The van der Waals surface area contributed by atoms with Gasteiger partial charge in [-0.05, 0) is 24.3 Å². The number of carbonyl (C=O) groups excluding carboxylic acids is 3. The van der Waals surface area contributed by atoms with Gasteiger partial charge in [-0.3, -0.25) is 14.4 Å². The smallest absolute Gasteiger partial charge is 0.348 e. The number of benzene rings is 1. The number of aliphatic carboxylic acids is 1. The fourth-order valence-corrected chi connectivity index (χ4v) is 2.36. The van der Waals surface area contributed by atoms with Gasteiger partial charge in [0.05, 0.1) is 6.61 Å². The number of morpholine rings is 1. The zero-order chi connectivity index (χ0) is 18.6. The number of hydrogen-bond donors (Lipinski definition) is 1. The number of carboxylic acids is 1. The van der Waals surface area contributed by atoms with Crippen LogP contribution < -0.4 is 9.64 Å². The van der Waals surface area contributed by atoms with E-state index in [4.69, 9.17) is 14.2 Å². The van der Waals surface area contributed by atoms with Crippen molar-refractivity contribution in [3.63, 3.8) is 0 Å². The third-order valence-electron chi connectivity index (χ3n) is 3.34. The Morgan fingerprint density at radius 1 is 1.20 bits per heavy atom. The van der Waals surface area contributed by atoms with Gasteiger partial charge in [0.1, 0.15) is 5.75 Å². The number of nitrogens with zero attached hydrogens (tertiary/aromatic N) is 1. The molecule has 2 rings (SSSR count). The standard InChI is InChI=1S/C16H17NO8/c1-9(18)24-12-5-3-11(4-6-12)17-7-8-23-13(15(17)20)14(16(21)22)25-10(2)19/h3-6,13-14H,7-8H2,1-2H3,(H,21,22)/t13-,14-/m1/s1. The van der Waals surface area contributed by atoms with Gasteiger partial charge in [-0.15, -0.1) is 0 Å². The number of anilines is 1. The molecule has 9 heteroatoms. The van der Waals surface area contributed by atoms with Gasteiger partial charge in [-0.1, -0.05) is 0 Å². The van der Waals surface area contributed by atoms with Crippen molar-refractivity contribution in [2.45, 2.75) is 26.1 Å². The average Bonchev–Trinajstić information content (AvgIpc) is 2.53. The van der Waals surface area contributed by atoms with Crippen molar-refractivity contribution in [1.29, 1.82) is 0 Å². The molecule has 1 heterocycles. The van der Waals surface area contributed by atoms with Gasteiger partial charge in [0.15, 0.2) is 6.10 Å². The molecule has 1 fully saturated rings. The fraction of sp³-hybridized carbons (Fsp3) is 0.375. The molecule has 1 aromatic carbocycles. The largest absolute Gasteiger partial charge is 0.478 e. The van der Waals surface area contributed by atoms with Crippen LogP contribution in [0.2, 0.25) is 0 Å². The first kappa shape index (κ1) is 18.4. The molecule has 1 aliphatic heterocycles. The summed E-state index contributed by atoms with van der Waals surface area (Å²) in [5.74, 6) is -3.09. The normalized spacial score (nSPS) is 18.4. The van der Waals surface area contributed by atoms with Crippen molar-refractivity contribution in [3.8, 4) is 5.75 Å². The van der Waals surface area contributed by atoms with Gasteiger partial charge in [0.2, 0.25) is 6.10 Å². The summed E-state index contributed by atoms with van der Waals surface area (Å²) in [7, 11) is 0. The van der Waals surface area contributed by atoms with Crippen LogP contribution in [0.5, 0.6) is 5.75 Å². The number of carbonyl (C=O) groups is 4. The highest BCUT2D eigenvalue weighted by atomic mass is 16.6. The van der Waals surface area contributed by atoms with Gasteiger partial charge in [-0.2, -0.15) is 0 Å². The number of rotatable bonds is 5. The first-order valence-electron chi connectivity index (χ1n) is 7.41. The molecule has 0 aliphatic carbocycles. The van der Waals surface area contributed by atoms with Gasteiger partial charge in [0.25, 0.3) is 5.91 Å². The molecule has 25 heavy (non-hydrogen) atoms. The van der Waals surface area contributed by atoms with Crippen molar-refractivity contribution in [2.75, 3.05) is 18.1 Å². The molecule has 9 nitrogen and oxygen atoms in total. The Balaban J connectivity index is 2.19. The minimum absolute atomic E-state index is 0.0765. The second-order valence-corrected chi connectivity index (χ2v) is 5.24. The molecule has 0 saturated carbocycles. The van der Waals surface area contributed by atoms with Crippen LogP contribution in [0.1, 0.15) is 13.8 Å². The molecule has 1 saturated heterocycles. The van der Waals surface area contributed by atoms with Crippen molar-refractivity contribution >= 4 is 29.5 Å². The predicted molar refractivity (Wildman–Crippen MR) is 83.0 cm³/mol. The van der Waals surface area contributed by atoms with E-state index in [-0.39, 0.29) is 13.2 Å². The van der Waals surface area contributed by atoms with E-state index >= 15 is 0 Å². The Bertz CT molecular complexity index is 684. The second-order valence-electron chi connectivity index (χ2n) is 5.24. The van der Waals surface area contributed by atoms with Crippen LogP contribution in [-0.2, 0) is 28.7 Å². The molecule has 1 N–H and O–H groups in total. The maximum atomic E-state index is 12.6. The third-order valence-corrected chi connectivity index (χ3v) is 3.34. The Morgan fingerprint density at radius 2 is 1.84 bits per heavy atom. The van der Waals surface area contributed by atoms with E-state index in [1.807, 2.05) is 0 Å². The van der Waals surface area contributed by atoms with E-state index in [1.54, 1.807) is 12.1 Å². The Kier molecular flexibility index (Phi) is 5.71. The number of carboxylic acid groups (broad SMARTS) is 1. The Hall–Kier alpha value is -2.94. The van der Waals surface area contributed by atoms with E-state index in [1.165, 1.54) is 24.0 Å². The van der Waals surface area contributed by atoms with Crippen LogP contribution in [0, 0.1) is 0 Å². The summed E-state index contributed by atoms with van der Waals surface area (Å²) in [6.45, 7) is 2.60. The molecule has 1 amide bonds. The summed E-state index contributed by atoms with van der Waals surface area (Å²) < 4.78 is 14.8. The maximum absolute atomic E-state index is 12.6. The van der Waals surface area contributed by atoms with Crippen LogP contribution in [0.3, 0.4) is 0 Å². The van der Waals surface area contributed by atoms with Gasteiger partial charge >= 0.3 is 17.9 Å². The maximum Gasteiger partial charge on any atom is 0.348 e. The van der Waals surface area contributed by atoms with E-state index in [0.717, 1.165) is 6.92 Å². The van der Waals surface area contributed by atoms with Crippen molar-refractivity contribution in [3.05, 3.63) is 24.3 Å². The lowest BCUT2D eigenvalue weighted by Gasteiger charge is -2.34. The Morgan fingerprint density at radius 3 is 2.36 bits per heavy atom. The van der Waals surface area contributed by atoms with E-state index in [2.05, 4.69) is 0 Å². The predicted octanol–water partition coefficient (Wildman–Crippen LogP) is 0.360. The van der Waals surface area contributed by atoms with Crippen LogP contribution in [-0.4, -0.2) is 54.3 Å². The molecule has 0 bridgehead atoms. The number of esters is 2. The van der Waals surface area contributed by atoms with Gasteiger partial charge in [-0.25, -0.2) is 4.79 Å². The lowest BCUT2D eigenvalue weighted by Crippen LogP contribution is -2.55. The van der Waals surface area contributed by atoms with Crippen LogP contribution in [0.15, 0.2) is 24.3 Å². The van der Waals surface area contributed by atoms with Crippen LogP contribution in [0.25, 0.3) is 0 Å². The minimum atomic E-state index is -1.73. The molecule has 2 atom stereocenters. The summed E-state index contributed by atoms with van der Waals surface area (Å²) in [5, 5.41) is 9.19. The zero-order valence-electron chi connectivity index (χ0n) is 13.6. The van der Waals surface area contributed by atoms with Gasteiger partial charge in [0, 0.05) is 26.1 Å². The molecule has 1 aliphatic rings. The minimum Gasteiger partial charge on any atom is -0.478 e. The van der Waals surface area contributed by atoms with Crippen molar-refractivity contribution in [1.82, 2.24) is 0 Å². The monoisotopic (exact) mass is 351 g/mol. The molecule has 0 aromatic heterocycles. The first-order valence-corrected chi connectivity index (χ1v) is 7.41. The third kappa shape index (κ3) is 4.54. The summed E-state index contributed by atoms with van der Waals surface area (Å²) in [6, 6.07) is 6.13. The highest BCUT2D eigenvalue weighted by Gasteiger charge is 2.42. The Labute approximate surface area is 143 Å². The molecule has 0 radical (unpaired) electrons. The van der Waals surface area contributed by atoms with Gasteiger partial charge < -0.3 is 24.2 Å². The lowest BCUT2D eigenvalue weighted by atomic mass is 10.1. The van der Waals surface area contributed by atoms with E-state index in [0.29, 0.717) is 11.4 Å². The highest BCUT2D eigenvalue weighted by Crippen LogP contribution is 2.24. The topological polar surface area (TPSA) is 119 Å². The van der Waals surface area contributed by atoms with E-state index < -0.39 is 36.0 Å². The summed E-state index contributed by atoms with van der Waals surface area (Å²) in [4.78, 5) is 47.2. The molecule has 1 aromatic rings. The first-order chi connectivity index (χ1) is 11.8. The second kappa shape index (κ2) is 7.75. The van der Waals surface area contributed by atoms with Crippen LogP contribution in [0.4, 0.5) is 5.69 Å². The lowest BCUT2D eigenvalue weighted by molar-refractivity contribution is -0.177. The summed E-state index contributed by atoms with van der Waals surface area (Å²) in [6.07, 6.45) is -3.17. The molecule has 134 valence electrons. The van der Waals surface area contributed by atoms with Crippen LogP contribution >= 0.6 is 0 Å². The zero-order valence-corrected chi connectivity index (χ0v) is 13.6. The quantitative estimate of drug-likeness (QED) is 0.596. The number of ether oxygens (including phenoxy) is 3. The fourth-order valence-electron chi connectivity index (χ4n) is 2.36. The average molecular weight is 351 g/mol. The molecular formula is C16H17NO8. The number of hydrogen-bond acceptors (Lipinski definition) is 7. The molecule has 0 spiro atoms. The van der Waals surface area contributed by atoms with Crippen molar-refractivity contribution < 1.29 is 38.5 Å². The molecule has 0 unspecified atom stereocenters.